The lowest BCUT2D eigenvalue weighted by molar-refractivity contribution is 0.274. The van der Waals surface area contributed by atoms with Crippen LogP contribution in [0.4, 0.5) is 22.0 Å². The number of hydrogen-bond acceptors (Lipinski definition) is 1. The molecular formula is C23H12BrF5O. The molecule has 0 radical (unpaired) electrons. The second-order valence-electron chi connectivity index (χ2n) is 6.61. The first-order chi connectivity index (χ1) is 14.3. The van der Waals surface area contributed by atoms with Crippen LogP contribution >= 0.6 is 15.9 Å². The Morgan fingerprint density at radius 1 is 0.667 bits per heavy atom. The molecule has 0 spiro atoms. The van der Waals surface area contributed by atoms with Crippen molar-refractivity contribution in [3.63, 3.8) is 0 Å². The van der Waals surface area contributed by atoms with Crippen molar-refractivity contribution in [3.05, 3.63) is 99.8 Å². The maximum atomic E-state index is 13.9. The highest BCUT2D eigenvalue weighted by molar-refractivity contribution is 9.10. The van der Waals surface area contributed by atoms with E-state index in [1.165, 1.54) is 6.07 Å². The van der Waals surface area contributed by atoms with Crippen molar-refractivity contribution < 1.29 is 26.7 Å². The minimum Gasteiger partial charge on any atom is -0.483 e. The molecule has 4 aromatic rings. The molecule has 4 rings (SSSR count). The summed E-state index contributed by atoms with van der Waals surface area (Å²) in [5.41, 5.74) is 2.08. The summed E-state index contributed by atoms with van der Waals surface area (Å²) in [6.45, 7) is -0.0524. The molecule has 0 amide bonds. The van der Waals surface area contributed by atoms with Crippen LogP contribution in [-0.2, 0) is 6.61 Å². The lowest BCUT2D eigenvalue weighted by atomic mass is 10.00. The maximum absolute atomic E-state index is 13.9. The molecule has 4 aromatic carbocycles. The highest BCUT2D eigenvalue weighted by Crippen LogP contribution is 2.30. The van der Waals surface area contributed by atoms with E-state index in [0.29, 0.717) is 11.1 Å². The van der Waals surface area contributed by atoms with Crippen molar-refractivity contribution in [1.82, 2.24) is 0 Å². The van der Waals surface area contributed by atoms with Gasteiger partial charge in [-0.1, -0.05) is 52.3 Å². The minimum atomic E-state index is -1.50. The molecule has 0 heterocycles. The second kappa shape index (κ2) is 8.07. The molecule has 0 saturated heterocycles. The van der Waals surface area contributed by atoms with Gasteiger partial charge in [0.2, 0.25) is 0 Å². The van der Waals surface area contributed by atoms with Crippen LogP contribution in [0.1, 0.15) is 5.56 Å². The van der Waals surface area contributed by atoms with Gasteiger partial charge in [0, 0.05) is 9.86 Å². The predicted molar refractivity (Wildman–Crippen MR) is 108 cm³/mol. The highest BCUT2D eigenvalue weighted by Gasteiger charge is 2.14. The first-order valence-corrected chi connectivity index (χ1v) is 9.56. The van der Waals surface area contributed by atoms with Gasteiger partial charge in [0.15, 0.2) is 34.8 Å². The molecule has 0 aliphatic carbocycles. The smallest absolute Gasteiger partial charge is 0.195 e. The third-order valence-corrected chi connectivity index (χ3v) is 5.06. The van der Waals surface area contributed by atoms with Crippen LogP contribution in [0.25, 0.3) is 21.9 Å². The number of benzene rings is 4. The Hall–Kier alpha value is -2.93. The van der Waals surface area contributed by atoms with E-state index in [0.717, 1.165) is 23.8 Å². The summed E-state index contributed by atoms with van der Waals surface area (Å²) in [6.07, 6.45) is 0. The molecule has 30 heavy (non-hydrogen) atoms. The first kappa shape index (κ1) is 20.3. The molecule has 7 heteroatoms. The molecule has 0 aliphatic heterocycles. The van der Waals surface area contributed by atoms with Gasteiger partial charge in [-0.3, -0.25) is 0 Å². The van der Waals surface area contributed by atoms with E-state index in [-0.39, 0.29) is 21.9 Å². The Kier molecular flexibility index (Phi) is 5.47. The molecule has 0 saturated carbocycles. The fourth-order valence-electron chi connectivity index (χ4n) is 3.10. The summed E-state index contributed by atoms with van der Waals surface area (Å²) < 4.78 is 74.0. The van der Waals surface area contributed by atoms with Gasteiger partial charge in [-0.25, -0.2) is 22.0 Å². The van der Waals surface area contributed by atoms with Crippen LogP contribution in [-0.4, -0.2) is 0 Å². The van der Waals surface area contributed by atoms with Crippen molar-refractivity contribution in [1.29, 1.82) is 0 Å². The predicted octanol–water partition coefficient (Wildman–Crippen LogP) is 7.54. The molecular weight excluding hydrogens is 467 g/mol. The van der Waals surface area contributed by atoms with Gasteiger partial charge in [0.25, 0.3) is 0 Å². The summed E-state index contributed by atoms with van der Waals surface area (Å²) in [5.74, 6) is -6.07. The Labute approximate surface area is 176 Å². The largest absolute Gasteiger partial charge is 0.483 e. The van der Waals surface area contributed by atoms with Crippen LogP contribution < -0.4 is 4.74 Å². The fraction of sp³-hybridized carbons (Fsp3) is 0.0435. The average molecular weight is 479 g/mol. The van der Waals surface area contributed by atoms with Crippen LogP contribution in [0.15, 0.2) is 65.1 Å². The molecule has 0 aliphatic rings. The SMILES string of the molecule is Fc1cc2cc(-c3ccc(COc4c(F)cc(Br)cc4F)cc3)ccc2c(F)c1F. The number of rotatable bonds is 4. The summed E-state index contributed by atoms with van der Waals surface area (Å²) in [4.78, 5) is 0. The van der Waals surface area contributed by atoms with E-state index in [1.54, 1.807) is 36.4 Å². The second-order valence-corrected chi connectivity index (χ2v) is 7.52. The monoisotopic (exact) mass is 478 g/mol. The van der Waals surface area contributed by atoms with Gasteiger partial charge in [-0.05, 0) is 46.3 Å². The summed E-state index contributed by atoms with van der Waals surface area (Å²) in [6, 6.07) is 14.6. The number of ether oxygens (including phenoxy) is 1. The Bertz CT molecular complexity index is 1230. The molecule has 1 nitrogen and oxygen atoms in total. The third kappa shape index (κ3) is 3.89. The van der Waals surface area contributed by atoms with E-state index in [2.05, 4.69) is 15.9 Å². The lowest BCUT2D eigenvalue weighted by Gasteiger charge is -2.10. The lowest BCUT2D eigenvalue weighted by Crippen LogP contribution is -2.00. The summed E-state index contributed by atoms with van der Waals surface area (Å²) in [7, 11) is 0. The summed E-state index contributed by atoms with van der Waals surface area (Å²) in [5, 5.41) is 0.221. The van der Waals surface area contributed by atoms with Gasteiger partial charge in [0.05, 0.1) is 0 Å². The Morgan fingerprint density at radius 2 is 1.30 bits per heavy atom. The van der Waals surface area contributed by atoms with Crippen LogP contribution in [0.2, 0.25) is 0 Å². The van der Waals surface area contributed by atoms with Crippen molar-refractivity contribution in [3.8, 4) is 16.9 Å². The van der Waals surface area contributed by atoms with E-state index < -0.39 is 34.8 Å². The number of hydrogen-bond donors (Lipinski definition) is 0. The van der Waals surface area contributed by atoms with Gasteiger partial charge < -0.3 is 4.74 Å². The van der Waals surface area contributed by atoms with Crippen LogP contribution in [0, 0.1) is 29.1 Å². The number of fused-ring (bicyclic) bond motifs is 1. The van der Waals surface area contributed by atoms with Crippen molar-refractivity contribution in [2.45, 2.75) is 6.61 Å². The Morgan fingerprint density at radius 3 is 1.97 bits per heavy atom. The van der Waals surface area contributed by atoms with Gasteiger partial charge >= 0.3 is 0 Å². The Balaban J connectivity index is 1.56. The van der Waals surface area contributed by atoms with E-state index in [4.69, 9.17) is 4.74 Å². The molecule has 0 aromatic heterocycles. The molecule has 0 unspecified atom stereocenters. The summed E-state index contributed by atoms with van der Waals surface area (Å²) >= 11 is 3.00. The maximum Gasteiger partial charge on any atom is 0.195 e. The van der Waals surface area contributed by atoms with Gasteiger partial charge in [-0.15, -0.1) is 0 Å². The zero-order chi connectivity index (χ0) is 21.4. The van der Waals surface area contributed by atoms with Crippen molar-refractivity contribution in [2.75, 3.05) is 0 Å². The molecule has 152 valence electrons. The zero-order valence-corrected chi connectivity index (χ0v) is 16.7. The normalized spacial score (nSPS) is 11.1. The van der Waals surface area contributed by atoms with Crippen molar-refractivity contribution in [2.24, 2.45) is 0 Å². The van der Waals surface area contributed by atoms with Crippen molar-refractivity contribution >= 4 is 26.7 Å². The van der Waals surface area contributed by atoms with E-state index in [9.17, 15) is 22.0 Å². The average Bonchev–Trinajstić information content (AvgIpc) is 2.71. The third-order valence-electron chi connectivity index (χ3n) is 4.61. The van der Waals surface area contributed by atoms with Crippen LogP contribution in [0.3, 0.4) is 0 Å². The molecule has 0 atom stereocenters. The first-order valence-electron chi connectivity index (χ1n) is 8.77. The van der Waals surface area contributed by atoms with E-state index in [1.807, 2.05) is 0 Å². The minimum absolute atomic E-state index is 0.0128. The quantitative estimate of drug-likeness (QED) is 0.217. The topological polar surface area (TPSA) is 9.23 Å². The molecule has 0 N–H and O–H groups in total. The van der Waals surface area contributed by atoms with Gasteiger partial charge in [-0.2, -0.15) is 0 Å². The zero-order valence-electron chi connectivity index (χ0n) is 15.2. The van der Waals surface area contributed by atoms with Gasteiger partial charge in [0.1, 0.15) is 6.61 Å². The molecule has 0 fully saturated rings. The number of halogens is 6. The fourth-order valence-corrected chi connectivity index (χ4v) is 3.50. The molecule has 0 bridgehead atoms. The highest BCUT2D eigenvalue weighted by atomic mass is 79.9. The van der Waals surface area contributed by atoms with Crippen LogP contribution in [0.5, 0.6) is 5.75 Å². The van der Waals surface area contributed by atoms with E-state index >= 15 is 0 Å². The standard InChI is InChI=1S/C23H12BrF5O/c24-16-9-19(26)23(20(27)10-16)30-11-12-1-3-13(4-2-12)14-5-6-17-15(7-14)8-18(25)22(29)21(17)28/h1-10H,11H2.